The van der Waals surface area contributed by atoms with Gasteiger partial charge < -0.3 is 14.3 Å². The highest BCUT2D eigenvalue weighted by Gasteiger charge is 2.27. The summed E-state index contributed by atoms with van der Waals surface area (Å²) < 4.78 is 11.4. The number of hydrogen-bond donors (Lipinski definition) is 0. The zero-order chi connectivity index (χ0) is 19.3. The Labute approximate surface area is 157 Å². The Morgan fingerprint density at radius 3 is 2.50 bits per heavy atom. The number of ether oxygens (including phenoxy) is 2. The van der Waals surface area contributed by atoms with Crippen molar-refractivity contribution in [2.24, 2.45) is 5.41 Å². The van der Waals surface area contributed by atoms with Gasteiger partial charge in [-0.1, -0.05) is 58.0 Å². The average molecular weight is 354 g/mol. The lowest BCUT2D eigenvalue weighted by Crippen LogP contribution is -2.24. The molecule has 0 amide bonds. The van der Waals surface area contributed by atoms with Crippen LogP contribution in [-0.4, -0.2) is 26.6 Å². The molecule has 0 saturated heterocycles. The molecule has 0 aliphatic heterocycles. The summed E-state index contributed by atoms with van der Waals surface area (Å²) in [5.41, 5.74) is 2.63. The first-order valence-electron chi connectivity index (χ1n) is 9.14. The van der Waals surface area contributed by atoms with Crippen molar-refractivity contribution >= 4 is 22.6 Å². The first-order valence-corrected chi connectivity index (χ1v) is 9.14. The van der Waals surface area contributed by atoms with E-state index in [1.807, 2.05) is 19.9 Å². The van der Waals surface area contributed by atoms with Crippen molar-refractivity contribution in [3.05, 3.63) is 48.0 Å². The number of benzene rings is 2. The monoisotopic (exact) mass is 354 g/mol. The van der Waals surface area contributed by atoms with Gasteiger partial charge in [-0.25, -0.2) is 0 Å². The topological polar surface area (TPSA) is 35.5 Å². The van der Waals surface area contributed by atoms with Crippen molar-refractivity contribution in [2.75, 3.05) is 14.2 Å². The van der Waals surface area contributed by atoms with Crippen LogP contribution in [0.25, 0.3) is 16.3 Å². The van der Waals surface area contributed by atoms with E-state index in [0.717, 1.165) is 46.8 Å². The highest BCUT2D eigenvalue weighted by Crippen LogP contribution is 2.38. The second-order valence-corrected chi connectivity index (χ2v) is 7.51. The van der Waals surface area contributed by atoms with Gasteiger partial charge in [0.05, 0.1) is 13.2 Å². The normalized spacial score (nSPS) is 12.8. The Balaban J connectivity index is 2.58. The Bertz CT molecular complexity index is 789. The van der Waals surface area contributed by atoms with Crippen molar-refractivity contribution in [1.82, 2.24) is 0 Å². The number of fused-ring (bicyclic) bond motifs is 1. The van der Waals surface area contributed by atoms with Gasteiger partial charge in [-0.2, -0.15) is 0 Å². The van der Waals surface area contributed by atoms with Crippen LogP contribution in [0.5, 0.6) is 5.75 Å². The Kier molecular flexibility index (Phi) is 6.60. The highest BCUT2D eigenvalue weighted by molar-refractivity contribution is 5.97. The summed E-state index contributed by atoms with van der Waals surface area (Å²) in [6.45, 7) is 10.3. The predicted octanol–water partition coefficient (Wildman–Crippen LogP) is 5.44. The maximum absolute atomic E-state index is 11.4. The quantitative estimate of drug-likeness (QED) is 0.562. The molecule has 0 aliphatic rings. The number of aryl methyl sites for hydroxylation is 1. The van der Waals surface area contributed by atoms with Crippen molar-refractivity contribution < 1.29 is 14.3 Å². The molecule has 3 nitrogen and oxygen atoms in total. The number of aldehydes is 1. The third-order valence-corrected chi connectivity index (χ3v) is 4.83. The van der Waals surface area contributed by atoms with E-state index in [1.165, 1.54) is 5.56 Å². The Morgan fingerprint density at radius 2 is 1.92 bits per heavy atom. The van der Waals surface area contributed by atoms with E-state index in [1.54, 1.807) is 14.2 Å². The lowest BCUT2D eigenvalue weighted by Gasteiger charge is -2.27. The smallest absolute Gasteiger partial charge is 0.127 e. The molecule has 0 heterocycles. The van der Waals surface area contributed by atoms with Crippen LogP contribution in [0.4, 0.5) is 0 Å². The van der Waals surface area contributed by atoms with Gasteiger partial charge in [0.1, 0.15) is 12.0 Å². The lowest BCUT2D eigenvalue weighted by molar-refractivity contribution is -0.115. The van der Waals surface area contributed by atoms with E-state index in [4.69, 9.17) is 9.47 Å². The molecule has 1 atom stereocenters. The van der Waals surface area contributed by atoms with E-state index in [-0.39, 0.29) is 6.10 Å². The lowest BCUT2D eigenvalue weighted by atomic mass is 9.83. The molecular formula is C23H30O3. The van der Waals surface area contributed by atoms with Crippen LogP contribution >= 0.6 is 0 Å². The Hall–Kier alpha value is -2.13. The van der Waals surface area contributed by atoms with Crippen molar-refractivity contribution in [3.63, 3.8) is 0 Å². The molecule has 0 spiro atoms. The predicted molar refractivity (Wildman–Crippen MR) is 109 cm³/mol. The average Bonchev–Trinajstić information content (AvgIpc) is 2.64. The van der Waals surface area contributed by atoms with Gasteiger partial charge in [0, 0.05) is 18.1 Å². The molecule has 0 saturated carbocycles. The third kappa shape index (κ3) is 4.34. The van der Waals surface area contributed by atoms with E-state index in [0.29, 0.717) is 6.42 Å². The van der Waals surface area contributed by atoms with Gasteiger partial charge in [0.2, 0.25) is 0 Å². The zero-order valence-electron chi connectivity index (χ0n) is 16.6. The fourth-order valence-electron chi connectivity index (χ4n) is 3.33. The fraction of sp³-hybridized carbons (Fsp3) is 0.435. The minimum atomic E-state index is -0.477. The SMILES string of the molecule is C=C(c1c(OC)ccc2ccc(CCC)cc12)C(CC(C)(C)C=O)OC. The number of carbonyl (C=O) groups excluding carboxylic acids is 1. The van der Waals surface area contributed by atoms with Crippen LogP contribution in [0, 0.1) is 5.41 Å². The van der Waals surface area contributed by atoms with Crippen LogP contribution in [0.2, 0.25) is 0 Å². The molecular weight excluding hydrogens is 324 g/mol. The summed E-state index contributed by atoms with van der Waals surface area (Å²) in [4.78, 5) is 11.4. The van der Waals surface area contributed by atoms with Crippen LogP contribution in [0.15, 0.2) is 36.9 Å². The summed E-state index contributed by atoms with van der Waals surface area (Å²) >= 11 is 0. The fourth-order valence-corrected chi connectivity index (χ4v) is 3.33. The van der Waals surface area contributed by atoms with Crippen LogP contribution in [0.1, 0.15) is 44.7 Å². The van der Waals surface area contributed by atoms with Gasteiger partial charge in [-0.05, 0) is 40.8 Å². The van der Waals surface area contributed by atoms with Gasteiger partial charge in [0.25, 0.3) is 0 Å². The molecule has 1 unspecified atom stereocenters. The molecule has 2 aromatic rings. The highest BCUT2D eigenvalue weighted by atomic mass is 16.5. The minimum absolute atomic E-state index is 0.260. The first kappa shape index (κ1) is 20.2. The van der Waals surface area contributed by atoms with E-state index in [2.05, 4.69) is 37.8 Å². The summed E-state index contributed by atoms with van der Waals surface area (Å²) in [5, 5.41) is 2.26. The number of hydrogen-bond acceptors (Lipinski definition) is 3. The Morgan fingerprint density at radius 1 is 1.23 bits per heavy atom. The molecule has 0 aliphatic carbocycles. The van der Waals surface area contributed by atoms with Gasteiger partial charge in [-0.3, -0.25) is 0 Å². The molecule has 3 heteroatoms. The maximum Gasteiger partial charge on any atom is 0.127 e. The molecule has 26 heavy (non-hydrogen) atoms. The molecule has 2 rings (SSSR count). The minimum Gasteiger partial charge on any atom is -0.496 e. The molecule has 0 bridgehead atoms. The van der Waals surface area contributed by atoms with Crippen LogP contribution in [-0.2, 0) is 16.0 Å². The summed E-state index contributed by atoms with van der Waals surface area (Å²) in [6, 6.07) is 10.6. The molecule has 140 valence electrons. The van der Waals surface area contributed by atoms with Crippen molar-refractivity contribution in [1.29, 1.82) is 0 Å². The second-order valence-electron chi connectivity index (χ2n) is 7.51. The van der Waals surface area contributed by atoms with E-state index >= 15 is 0 Å². The van der Waals surface area contributed by atoms with Crippen molar-refractivity contribution in [2.45, 2.75) is 46.1 Å². The molecule has 0 aromatic heterocycles. The second kappa shape index (κ2) is 8.50. The zero-order valence-corrected chi connectivity index (χ0v) is 16.6. The standard InChI is InChI=1S/C23H30O3/c1-7-8-17-9-10-18-11-12-20(25-5)22(19(18)13-17)16(2)21(26-6)14-23(3,4)15-24/h9-13,15,21H,2,7-8,14H2,1,3-6H3. The van der Waals surface area contributed by atoms with Gasteiger partial charge in [0.15, 0.2) is 0 Å². The number of rotatable bonds is 9. The summed E-state index contributed by atoms with van der Waals surface area (Å²) in [5.74, 6) is 0.780. The van der Waals surface area contributed by atoms with Gasteiger partial charge >= 0.3 is 0 Å². The van der Waals surface area contributed by atoms with E-state index in [9.17, 15) is 4.79 Å². The molecule has 0 N–H and O–H groups in total. The van der Waals surface area contributed by atoms with Crippen molar-refractivity contribution in [3.8, 4) is 5.75 Å². The summed E-state index contributed by atoms with van der Waals surface area (Å²) in [7, 11) is 3.34. The number of carbonyl (C=O) groups is 1. The largest absolute Gasteiger partial charge is 0.496 e. The summed E-state index contributed by atoms with van der Waals surface area (Å²) in [6.07, 6.45) is 3.42. The van der Waals surface area contributed by atoms with E-state index < -0.39 is 5.41 Å². The first-order chi connectivity index (χ1) is 12.4. The third-order valence-electron chi connectivity index (χ3n) is 4.83. The number of methoxy groups -OCH3 is 2. The van der Waals surface area contributed by atoms with Crippen LogP contribution < -0.4 is 4.74 Å². The maximum atomic E-state index is 11.4. The molecule has 0 fully saturated rings. The van der Waals surface area contributed by atoms with Gasteiger partial charge in [-0.15, -0.1) is 0 Å². The van der Waals surface area contributed by atoms with Crippen LogP contribution in [0.3, 0.4) is 0 Å². The molecule has 0 radical (unpaired) electrons. The molecule has 2 aromatic carbocycles.